The van der Waals surface area contributed by atoms with Crippen LogP contribution < -0.4 is 0 Å². The van der Waals surface area contributed by atoms with Gasteiger partial charge in [0, 0.05) is 105 Å². The van der Waals surface area contributed by atoms with Gasteiger partial charge in [0.1, 0.15) is 33.5 Å². The van der Waals surface area contributed by atoms with Crippen LogP contribution in [-0.4, -0.2) is 0 Å². The van der Waals surface area contributed by atoms with Crippen molar-refractivity contribution < 1.29 is 13.3 Å². The normalized spacial score (nSPS) is 12.6. The Balaban J connectivity index is 1.16. The van der Waals surface area contributed by atoms with E-state index in [-0.39, 0.29) is 0 Å². The second-order valence-electron chi connectivity index (χ2n) is 16.2. The molecular formula is C56H28O3S2. The van der Waals surface area contributed by atoms with Gasteiger partial charge in [0.15, 0.2) is 0 Å². The van der Waals surface area contributed by atoms with Gasteiger partial charge in [0.25, 0.3) is 0 Å². The third-order valence-electron chi connectivity index (χ3n) is 13.1. The molecule has 0 aliphatic carbocycles. The fourth-order valence-electron chi connectivity index (χ4n) is 10.5. The van der Waals surface area contributed by atoms with Crippen LogP contribution in [0.2, 0.25) is 0 Å². The number of benzene rings is 10. The second-order valence-corrected chi connectivity index (χ2v) is 18.3. The van der Waals surface area contributed by atoms with Crippen LogP contribution in [0.3, 0.4) is 0 Å². The molecule has 61 heavy (non-hydrogen) atoms. The van der Waals surface area contributed by atoms with Crippen LogP contribution in [0.25, 0.3) is 150 Å². The lowest BCUT2D eigenvalue weighted by Gasteiger charge is -2.12. The molecule has 0 bridgehead atoms. The average molecular weight is 813 g/mol. The van der Waals surface area contributed by atoms with E-state index in [0.717, 1.165) is 87.4 Å². The van der Waals surface area contributed by atoms with E-state index in [1.165, 1.54) is 62.6 Å². The minimum atomic E-state index is 0.868. The maximum atomic E-state index is 7.35. The second kappa shape index (κ2) is 11.6. The molecule has 3 nitrogen and oxygen atoms in total. The van der Waals surface area contributed by atoms with Gasteiger partial charge in [-0.1, -0.05) is 109 Å². The summed E-state index contributed by atoms with van der Waals surface area (Å²) in [5.74, 6) is 0. The molecule has 0 N–H and O–H groups in total. The van der Waals surface area contributed by atoms with Crippen molar-refractivity contribution in [2.24, 2.45) is 0 Å². The molecule has 0 aliphatic heterocycles. The van der Waals surface area contributed by atoms with Crippen molar-refractivity contribution in [2.75, 3.05) is 0 Å². The van der Waals surface area contributed by atoms with Crippen molar-refractivity contribution in [2.45, 2.75) is 0 Å². The van der Waals surface area contributed by atoms with Gasteiger partial charge in [-0.3, -0.25) is 0 Å². The first-order valence-corrected chi connectivity index (χ1v) is 22.2. The zero-order valence-corrected chi connectivity index (χ0v) is 33.8. The van der Waals surface area contributed by atoms with Crippen molar-refractivity contribution in [1.29, 1.82) is 0 Å². The minimum absolute atomic E-state index is 0.868. The SMILES string of the molecule is c1ccc2c(c1)oc1ccc3c4oc5c(cc(-c6cccc7c6sc6ccccc67)c6c5ccc5oc7ccccc7c56)c4cc(-c4cccc5c4sc4ccccc45)c3c12. The van der Waals surface area contributed by atoms with E-state index < -0.39 is 0 Å². The van der Waals surface area contributed by atoms with Crippen molar-refractivity contribution >= 4 is 150 Å². The summed E-state index contributed by atoms with van der Waals surface area (Å²) in [4.78, 5) is 0. The molecule has 0 atom stereocenters. The van der Waals surface area contributed by atoms with Crippen molar-refractivity contribution in [3.05, 3.63) is 170 Å². The molecule has 5 aromatic heterocycles. The van der Waals surface area contributed by atoms with E-state index in [1.807, 2.05) is 34.8 Å². The zero-order chi connectivity index (χ0) is 39.5. The summed E-state index contributed by atoms with van der Waals surface area (Å²) < 4.78 is 25.6. The van der Waals surface area contributed by atoms with Crippen molar-refractivity contribution in [3.8, 4) is 22.3 Å². The van der Waals surface area contributed by atoms with Gasteiger partial charge in [0.2, 0.25) is 0 Å². The zero-order valence-electron chi connectivity index (χ0n) is 32.2. The lowest BCUT2D eigenvalue weighted by Crippen LogP contribution is -1.86. The van der Waals surface area contributed by atoms with Gasteiger partial charge in [-0.15, -0.1) is 22.7 Å². The molecule has 282 valence electrons. The van der Waals surface area contributed by atoms with Crippen LogP contribution in [0.4, 0.5) is 0 Å². The molecule has 5 heterocycles. The molecule has 0 spiro atoms. The molecule has 15 rings (SSSR count). The Morgan fingerprint density at radius 2 is 0.689 bits per heavy atom. The molecule has 0 saturated heterocycles. The van der Waals surface area contributed by atoms with Crippen LogP contribution in [0.5, 0.6) is 0 Å². The summed E-state index contributed by atoms with van der Waals surface area (Å²) in [7, 11) is 0. The monoisotopic (exact) mass is 812 g/mol. The molecule has 0 radical (unpaired) electrons. The first-order chi connectivity index (χ1) is 30.2. The number of hydrogen-bond acceptors (Lipinski definition) is 5. The molecule has 0 unspecified atom stereocenters. The number of rotatable bonds is 2. The third kappa shape index (κ3) is 4.21. The maximum Gasteiger partial charge on any atom is 0.143 e. The summed E-state index contributed by atoms with van der Waals surface area (Å²) in [5.41, 5.74) is 10.00. The Morgan fingerprint density at radius 3 is 1.18 bits per heavy atom. The summed E-state index contributed by atoms with van der Waals surface area (Å²) in [5, 5.41) is 16.1. The number of hydrogen-bond donors (Lipinski definition) is 0. The molecule has 0 fully saturated rings. The smallest absolute Gasteiger partial charge is 0.143 e. The predicted octanol–water partition coefficient (Wildman–Crippen LogP) is 17.8. The topological polar surface area (TPSA) is 39.4 Å². The summed E-state index contributed by atoms with van der Waals surface area (Å²) >= 11 is 3.73. The molecule has 5 heteroatoms. The Labute approximate surface area is 353 Å². The Kier molecular flexibility index (Phi) is 6.19. The standard InChI is InChI=1S/C56H28O3S2/c1-5-19-43-35(13-1)51-45(57-43)25-23-37-49(51)39(33-17-9-15-31-29-11-3-7-21-47(29)60-55(31)33)27-41-42-28-40(34-18-10-16-32-30-12-4-8-22-48(30)61-56(32)34)50-38(54(42)59-53(37)41)24-26-46-52(50)36-14-2-6-20-44(36)58-46/h1-28H. The highest BCUT2D eigenvalue weighted by Gasteiger charge is 2.26. The summed E-state index contributed by atoms with van der Waals surface area (Å²) in [6.45, 7) is 0. The van der Waals surface area contributed by atoms with Crippen LogP contribution in [-0.2, 0) is 0 Å². The van der Waals surface area contributed by atoms with Gasteiger partial charge in [-0.2, -0.15) is 0 Å². The molecule has 10 aromatic carbocycles. The van der Waals surface area contributed by atoms with Gasteiger partial charge >= 0.3 is 0 Å². The van der Waals surface area contributed by atoms with Crippen LogP contribution >= 0.6 is 22.7 Å². The van der Waals surface area contributed by atoms with E-state index in [9.17, 15) is 0 Å². The highest BCUT2D eigenvalue weighted by molar-refractivity contribution is 7.26. The van der Waals surface area contributed by atoms with E-state index in [4.69, 9.17) is 13.3 Å². The van der Waals surface area contributed by atoms with Crippen molar-refractivity contribution in [1.82, 2.24) is 0 Å². The van der Waals surface area contributed by atoms with E-state index in [1.54, 1.807) is 0 Å². The number of thiophene rings is 2. The lowest BCUT2D eigenvalue weighted by atomic mass is 9.89. The van der Waals surface area contributed by atoms with E-state index in [0.29, 0.717) is 0 Å². The molecule has 0 amide bonds. The lowest BCUT2D eigenvalue weighted by molar-refractivity contribution is 0.669. The Morgan fingerprint density at radius 1 is 0.262 bits per heavy atom. The van der Waals surface area contributed by atoms with E-state index in [2.05, 4.69) is 158 Å². The molecular weight excluding hydrogens is 785 g/mol. The van der Waals surface area contributed by atoms with Crippen LogP contribution in [0.15, 0.2) is 183 Å². The van der Waals surface area contributed by atoms with Crippen LogP contribution in [0, 0.1) is 0 Å². The molecule has 0 saturated carbocycles. The van der Waals surface area contributed by atoms with Crippen molar-refractivity contribution in [3.63, 3.8) is 0 Å². The predicted molar refractivity (Wildman–Crippen MR) is 260 cm³/mol. The Bertz CT molecular complexity index is 4130. The first kappa shape index (κ1) is 32.4. The minimum Gasteiger partial charge on any atom is -0.456 e. The quantitative estimate of drug-likeness (QED) is 0.175. The fourth-order valence-corrected chi connectivity index (χ4v) is 13.0. The molecule has 0 aliphatic rings. The van der Waals surface area contributed by atoms with Gasteiger partial charge in [-0.05, 0) is 71.8 Å². The summed E-state index contributed by atoms with van der Waals surface area (Å²) in [6.07, 6.45) is 0. The number of furan rings is 3. The van der Waals surface area contributed by atoms with E-state index >= 15 is 0 Å². The van der Waals surface area contributed by atoms with Gasteiger partial charge in [0.05, 0.1) is 0 Å². The fraction of sp³-hybridized carbons (Fsp3) is 0. The third-order valence-corrected chi connectivity index (χ3v) is 15.5. The Hall–Kier alpha value is -7.44. The largest absolute Gasteiger partial charge is 0.456 e. The highest BCUT2D eigenvalue weighted by atomic mass is 32.1. The maximum absolute atomic E-state index is 7.35. The molecule has 15 aromatic rings. The first-order valence-electron chi connectivity index (χ1n) is 20.6. The summed E-state index contributed by atoms with van der Waals surface area (Å²) in [6, 6.07) is 61.4. The number of fused-ring (bicyclic) bond motifs is 21. The van der Waals surface area contributed by atoms with Gasteiger partial charge < -0.3 is 13.3 Å². The van der Waals surface area contributed by atoms with Crippen LogP contribution in [0.1, 0.15) is 0 Å². The highest BCUT2D eigenvalue weighted by Crippen LogP contribution is 2.52. The van der Waals surface area contributed by atoms with Gasteiger partial charge in [-0.25, -0.2) is 0 Å². The number of para-hydroxylation sites is 2. The average Bonchev–Trinajstić information content (AvgIpc) is 4.14.